The monoisotopic (exact) mass is 265 g/mol. The van der Waals surface area contributed by atoms with Crippen molar-refractivity contribution in [3.8, 4) is 0 Å². The molecular formula is C16H24ClN. The molecule has 0 aliphatic heterocycles. The second-order valence-corrected chi connectivity index (χ2v) is 5.98. The molecule has 1 fully saturated rings. The Hall–Kier alpha value is -0.530. The zero-order valence-corrected chi connectivity index (χ0v) is 12.0. The average Bonchev–Trinajstić information content (AvgIpc) is 2.87. The van der Waals surface area contributed by atoms with Crippen LogP contribution in [0.3, 0.4) is 0 Å². The smallest absolute Gasteiger partial charge is 0.0408 e. The molecule has 1 saturated carbocycles. The molecular weight excluding hydrogens is 242 g/mol. The van der Waals surface area contributed by atoms with E-state index >= 15 is 0 Å². The third-order valence-electron chi connectivity index (χ3n) is 4.18. The van der Waals surface area contributed by atoms with E-state index in [1.165, 1.54) is 44.1 Å². The Morgan fingerprint density at radius 1 is 1.33 bits per heavy atom. The summed E-state index contributed by atoms with van der Waals surface area (Å²) in [6, 6.07) is 8.83. The molecule has 1 unspecified atom stereocenters. The standard InChI is InChI=1S/C16H24ClN/c1-18-16(10-9-13-5-2-3-6-13)12-14-7-4-8-15(17)11-14/h4,7-8,11,13,16,18H,2-3,5-6,9-10,12H2,1H3. The van der Waals surface area contributed by atoms with Gasteiger partial charge in [0.25, 0.3) is 0 Å². The number of likely N-dealkylation sites (N-methyl/N-ethyl adjacent to an activating group) is 1. The molecule has 2 heteroatoms. The number of halogens is 1. The number of nitrogens with one attached hydrogen (secondary N) is 1. The van der Waals surface area contributed by atoms with Gasteiger partial charge in [0, 0.05) is 11.1 Å². The molecule has 100 valence electrons. The number of benzene rings is 1. The first-order valence-electron chi connectivity index (χ1n) is 7.19. The first kappa shape index (κ1) is 13.9. The van der Waals surface area contributed by atoms with Crippen LogP contribution in [0.15, 0.2) is 24.3 Å². The largest absolute Gasteiger partial charge is 0.317 e. The maximum absolute atomic E-state index is 6.03. The highest BCUT2D eigenvalue weighted by Crippen LogP contribution is 2.29. The fourth-order valence-corrected chi connectivity index (χ4v) is 3.25. The first-order valence-corrected chi connectivity index (χ1v) is 7.57. The molecule has 1 N–H and O–H groups in total. The van der Waals surface area contributed by atoms with Crippen molar-refractivity contribution < 1.29 is 0 Å². The lowest BCUT2D eigenvalue weighted by Crippen LogP contribution is -2.28. The van der Waals surface area contributed by atoms with Crippen LogP contribution in [0, 0.1) is 5.92 Å². The van der Waals surface area contributed by atoms with Gasteiger partial charge >= 0.3 is 0 Å². The molecule has 1 aromatic rings. The summed E-state index contributed by atoms with van der Waals surface area (Å²) in [7, 11) is 2.07. The van der Waals surface area contributed by atoms with Crippen molar-refractivity contribution in [3.63, 3.8) is 0 Å². The predicted octanol–water partition coefficient (Wildman–Crippen LogP) is 4.44. The highest BCUT2D eigenvalue weighted by Gasteiger charge is 2.17. The summed E-state index contributed by atoms with van der Waals surface area (Å²) < 4.78 is 0. The fourth-order valence-electron chi connectivity index (χ4n) is 3.03. The summed E-state index contributed by atoms with van der Waals surface area (Å²) in [5, 5.41) is 4.30. The van der Waals surface area contributed by atoms with Crippen LogP contribution in [0.2, 0.25) is 5.02 Å². The minimum atomic E-state index is 0.587. The molecule has 0 saturated heterocycles. The number of hydrogen-bond donors (Lipinski definition) is 1. The fraction of sp³-hybridized carbons (Fsp3) is 0.625. The van der Waals surface area contributed by atoms with E-state index in [0.29, 0.717) is 6.04 Å². The minimum Gasteiger partial charge on any atom is -0.317 e. The van der Waals surface area contributed by atoms with Crippen molar-refractivity contribution in [2.45, 2.75) is 51.0 Å². The van der Waals surface area contributed by atoms with Gasteiger partial charge in [0.15, 0.2) is 0 Å². The molecule has 0 radical (unpaired) electrons. The zero-order valence-electron chi connectivity index (χ0n) is 11.3. The third kappa shape index (κ3) is 4.29. The Bertz CT molecular complexity index is 358. The molecule has 1 aliphatic carbocycles. The van der Waals surface area contributed by atoms with Gasteiger partial charge in [0.2, 0.25) is 0 Å². The van der Waals surface area contributed by atoms with Crippen LogP contribution in [-0.2, 0) is 6.42 Å². The second kappa shape index (κ2) is 7.16. The van der Waals surface area contributed by atoms with E-state index in [2.05, 4.69) is 24.5 Å². The maximum Gasteiger partial charge on any atom is 0.0408 e. The average molecular weight is 266 g/mol. The quantitative estimate of drug-likeness (QED) is 0.802. The lowest BCUT2D eigenvalue weighted by atomic mass is 9.95. The van der Waals surface area contributed by atoms with Gasteiger partial charge in [-0.15, -0.1) is 0 Å². The lowest BCUT2D eigenvalue weighted by Gasteiger charge is -2.18. The first-order chi connectivity index (χ1) is 8.78. The lowest BCUT2D eigenvalue weighted by molar-refractivity contribution is 0.418. The Balaban J connectivity index is 1.81. The van der Waals surface area contributed by atoms with Crippen molar-refractivity contribution >= 4 is 11.6 Å². The molecule has 0 aromatic heterocycles. The minimum absolute atomic E-state index is 0.587. The van der Waals surface area contributed by atoms with Gasteiger partial charge in [0.05, 0.1) is 0 Å². The van der Waals surface area contributed by atoms with Crippen molar-refractivity contribution in [2.75, 3.05) is 7.05 Å². The van der Waals surface area contributed by atoms with E-state index in [9.17, 15) is 0 Å². The molecule has 1 aromatic carbocycles. The van der Waals surface area contributed by atoms with Crippen molar-refractivity contribution in [1.82, 2.24) is 5.32 Å². The van der Waals surface area contributed by atoms with Crippen LogP contribution in [-0.4, -0.2) is 13.1 Å². The summed E-state index contributed by atoms with van der Waals surface area (Å²) in [5.41, 5.74) is 1.34. The zero-order chi connectivity index (χ0) is 12.8. The van der Waals surface area contributed by atoms with Crippen LogP contribution in [0.1, 0.15) is 44.1 Å². The normalized spacial score (nSPS) is 18.1. The Labute approximate surface area is 116 Å². The summed E-state index contributed by atoms with van der Waals surface area (Å²) in [5.74, 6) is 0.986. The summed E-state index contributed by atoms with van der Waals surface area (Å²) in [6.45, 7) is 0. The van der Waals surface area contributed by atoms with Gasteiger partial charge in [0.1, 0.15) is 0 Å². The van der Waals surface area contributed by atoms with E-state index < -0.39 is 0 Å². The number of rotatable bonds is 6. The van der Waals surface area contributed by atoms with Crippen molar-refractivity contribution in [2.24, 2.45) is 5.92 Å². The SMILES string of the molecule is CNC(CCC1CCCC1)Cc1cccc(Cl)c1. The van der Waals surface area contributed by atoms with Crippen LogP contribution in [0.5, 0.6) is 0 Å². The summed E-state index contributed by atoms with van der Waals surface area (Å²) in [4.78, 5) is 0. The van der Waals surface area contributed by atoms with Gasteiger partial charge in [-0.2, -0.15) is 0 Å². The second-order valence-electron chi connectivity index (χ2n) is 5.55. The van der Waals surface area contributed by atoms with E-state index in [4.69, 9.17) is 11.6 Å². The van der Waals surface area contributed by atoms with Gasteiger partial charge in [-0.1, -0.05) is 49.4 Å². The Morgan fingerprint density at radius 3 is 2.78 bits per heavy atom. The molecule has 0 bridgehead atoms. The molecule has 0 heterocycles. The van der Waals surface area contributed by atoms with Gasteiger partial charge in [-0.25, -0.2) is 0 Å². The molecule has 1 aliphatic rings. The van der Waals surface area contributed by atoms with E-state index in [0.717, 1.165) is 17.4 Å². The van der Waals surface area contributed by atoms with Gasteiger partial charge in [-0.3, -0.25) is 0 Å². The number of hydrogen-bond acceptors (Lipinski definition) is 1. The van der Waals surface area contributed by atoms with Crippen LogP contribution >= 0.6 is 11.6 Å². The highest BCUT2D eigenvalue weighted by molar-refractivity contribution is 6.30. The molecule has 1 nitrogen and oxygen atoms in total. The Kier molecular flexibility index (Phi) is 5.52. The third-order valence-corrected chi connectivity index (χ3v) is 4.41. The summed E-state index contributed by atoms with van der Waals surface area (Å²) in [6.07, 6.45) is 9.55. The van der Waals surface area contributed by atoms with Crippen LogP contribution < -0.4 is 5.32 Å². The van der Waals surface area contributed by atoms with E-state index in [-0.39, 0.29) is 0 Å². The Morgan fingerprint density at radius 2 is 2.11 bits per heavy atom. The summed E-state index contributed by atoms with van der Waals surface area (Å²) >= 11 is 6.03. The maximum atomic E-state index is 6.03. The van der Waals surface area contributed by atoms with Crippen molar-refractivity contribution in [3.05, 3.63) is 34.9 Å². The predicted molar refractivity (Wildman–Crippen MR) is 79.2 cm³/mol. The van der Waals surface area contributed by atoms with Gasteiger partial charge in [-0.05, 0) is 49.9 Å². The molecule has 0 spiro atoms. The molecule has 18 heavy (non-hydrogen) atoms. The van der Waals surface area contributed by atoms with E-state index in [1.807, 2.05) is 12.1 Å². The van der Waals surface area contributed by atoms with Gasteiger partial charge < -0.3 is 5.32 Å². The van der Waals surface area contributed by atoms with E-state index in [1.54, 1.807) is 0 Å². The highest BCUT2D eigenvalue weighted by atomic mass is 35.5. The molecule has 1 atom stereocenters. The molecule has 2 rings (SSSR count). The molecule has 0 amide bonds. The van der Waals surface area contributed by atoms with Crippen LogP contribution in [0.25, 0.3) is 0 Å². The van der Waals surface area contributed by atoms with Crippen LogP contribution in [0.4, 0.5) is 0 Å². The van der Waals surface area contributed by atoms with Crippen molar-refractivity contribution in [1.29, 1.82) is 0 Å². The topological polar surface area (TPSA) is 12.0 Å².